The third-order valence-corrected chi connectivity index (χ3v) is 7.97. The molecule has 188 valence electrons. The fraction of sp³-hybridized carbons (Fsp3) is 0.630. The molecule has 0 radical (unpaired) electrons. The Balaban J connectivity index is 1.54. The number of methoxy groups -OCH3 is 1. The summed E-state index contributed by atoms with van der Waals surface area (Å²) in [5, 5.41) is 14.2. The van der Waals surface area contributed by atoms with Crippen molar-refractivity contribution >= 4 is 10.9 Å². The van der Waals surface area contributed by atoms with E-state index in [0.717, 1.165) is 53.7 Å². The number of H-pyrrole nitrogens is 1. The molecule has 2 aliphatic rings. The van der Waals surface area contributed by atoms with Crippen molar-refractivity contribution in [2.24, 2.45) is 5.92 Å². The van der Waals surface area contributed by atoms with Crippen LogP contribution in [0.3, 0.4) is 0 Å². The van der Waals surface area contributed by atoms with E-state index in [4.69, 9.17) is 4.74 Å². The molecule has 2 aromatic heterocycles. The van der Waals surface area contributed by atoms with Gasteiger partial charge in [-0.05, 0) is 65.6 Å². The molecule has 0 bridgehead atoms. The lowest BCUT2D eigenvalue weighted by atomic mass is 9.90. The van der Waals surface area contributed by atoms with Crippen molar-refractivity contribution < 1.29 is 4.74 Å². The van der Waals surface area contributed by atoms with Crippen LogP contribution in [0.5, 0.6) is 5.75 Å². The summed E-state index contributed by atoms with van der Waals surface area (Å²) in [4.78, 5) is 18.9. The minimum atomic E-state index is -0.0375. The Bertz CT molecular complexity index is 1190. The Morgan fingerprint density at radius 3 is 2.54 bits per heavy atom. The summed E-state index contributed by atoms with van der Waals surface area (Å²) in [5.41, 5.74) is 1.55. The van der Waals surface area contributed by atoms with Crippen molar-refractivity contribution in [1.29, 1.82) is 0 Å². The molecule has 8 nitrogen and oxygen atoms in total. The molecular formula is C27H38N6O2. The first kappa shape index (κ1) is 24.0. The summed E-state index contributed by atoms with van der Waals surface area (Å²) in [6.45, 7) is 5.10. The van der Waals surface area contributed by atoms with Gasteiger partial charge in [-0.3, -0.25) is 9.69 Å². The lowest BCUT2D eigenvalue weighted by molar-refractivity contribution is 0.0598. The van der Waals surface area contributed by atoms with E-state index in [9.17, 15) is 4.79 Å². The molecule has 1 aromatic carbocycles. The largest absolute Gasteiger partial charge is 0.497 e. The van der Waals surface area contributed by atoms with Crippen LogP contribution in [0.4, 0.5) is 0 Å². The third kappa shape index (κ3) is 4.99. The van der Waals surface area contributed by atoms with Gasteiger partial charge in [-0.25, -0.2) is 4.68 Å². The van der Waals surface area contributed by atoms with Crippen molar-refractivity contribution in [2.45, 2.75) is 96.3 Å². The maximum absolute atomic E-state index is 13.2. The molecule has 2 fully saturated rings. The molecule has 2 heterocycles. The highest BCUT2D eigenvalue weighted by atomic mass is 16.5. The molecule has 2 aliphatic carbocycles. The van der Waals surface area contributed by atoms with Gasteiger partial charge in [0.05, 0.1) is 24.7 Å². The topological polar surface area (TPSA) is 88.9 Å². The van der Waals surface area contributed by atoms with Gasteiger partial charge in [0.1, 0.15) is 5.75 Å². The summed E-state index contributed by atoms with van der Waals surface area (Å²) in [6.07, 6.45) is 10.8. The number of aromatic nitrogens is 5. The average molecular weight is 479 g/mol. The number of tetrazole rings is 1. The van der Waals surface area contributed by atoms with Crippen molar-refractivity contribution in [3.63, 3.8) is 0 Å². The lowest BCUT2D eigenvalue weighted by Crippen LogP contribution is -2.43. The molecular weight excluding hydrogens is 440 g/mol. The Morgan fingerprint density at radius 1 is 1.09 bits per heavy atom. The number of aromatic amines is 1. The van der Waals surface area contributed by atoms with Gasteiger partial charge in [-0.2, -0.15) is 0 Å². The van der Waals surface area contributed by atoms with Gasteiger partial charge in [0, 0.05) is 24.2 Å². The van der Waals surface area contributed by atoms with Crippen molar-refractivity contribution in [1.82, 2.24) is 30.1 Å². The second kappa shape index (κ2) is 10.5. The van der Waals surface area contributed by atoms with Crippen LogP contribution in [0.25, 0.3) is 10.9 Å². The molecule has 1 N–H and O–H groups in total. The van der Waals surface area contributed by atoms with Crippen molar-refractivity contribution in [3.8, 4) is 5.75 Å². The quantitative estimate of drug-likeness (QED) is 0.480. The molecule has 2 saturated carbocycles. The van der Waals surface area contributed by atoms with Gasteiger partial charge in [0.15, 0.2) is 5.82 Å². The molecule has 3 aromatic rings. The molecule has 0 aliphatic heterocycles. The average Bonchev–Trinajstić information content (AvgIpc) is 3.56. The van der Waals surface area contributed by atoms with E-state index >= 15 is 0 Å². The van der Waals surface area contributed by atoms with Gasteiger partial charge >= 0.3 is 0 Å². The normalized spacial score (nSPS) is 18.7. The third-order valence-electron chi connectivity index (χ3n) is 7.97. The van der Waals surface area contributed by atoms with E-state index in [-0.39, 0.29) is 11.6 Å². The number of fused-ring (bicyclic) bond motifs is 1. The summed E-state index contributed by atoms with van der Waals surface area (Å²) in [5.74, 6) is 2.01. The van der Waals surface area contributed by atoms with Crippen molar-refractivity contribution in [2.75, 3.05) is 7.11 Å². The summed E-state index contributed by atoms with van der Waals surface area (Å²) < 4.78 is 7.44. The molecule has 1 atom stereocenters. The number of pyridine rings is 1. The van der Waals surface area contributed by atoms with Gasteiger partial charge in [-0.1, -0.05) is 46.0 Å². The molecule has 0 amide bonds. The van der Waals surface area contributed by atoms with E-state index in [0.29, 0.717) is 24.5 Å². The SMILES string of the molecule is COc1ccc2cc(CN(C3CCCCC3)[C@@H](c3nnnn3C3CCCC3)C(C)C)c(=O)[nH]c2c1. The van der Waals surface area contributed by atoms with Crippen LogP contribution in [0, 0.1) is 5.92 Å². The highest BCUT2D eigenvalue weighted by Crippen LogP contribution is 2.38. The van der Waals surface area contributed by atoms with E-state index < -0.39 is 0 Å². The van der Waals surface area contributed by atoms with E-state index in [1.54, 1.807) is 7.11 Å². The number of benzene rings is 1. The Labute approximate surface area is 207 Å². The van der Waals surface area contributed by atoms with E-state index in [1.165, 1.54) is 32.1 Å². The number of hydrogen-bond donors (Lipinski definition) is 1. The number of nitrogens with one attached hydrogen (secondary N) is 1. The smallest absolute Gasteiger partial charge is 0.252 e. The minimum Gasteiger partial charge on any atom is -0.497 e. The van der Waals surface area contributed by atoms with Crippen LogP contribution < -0.4 is 10.3 Å². The fourth-order valence-corrected chi connectivity index (χ4v) is 6.17. The van der Waals surface area contributed by atoms with Gasteiger partial charge < -0.3 is 9.72 Å². The number of rotatable bonds is 8. The highest BCUT2D eigenvalue weighted by molar-refractivity contribution is 5.80. The van der Waals surface area contributed by atoms with Gasteiger partial charge in [-0.15, -0.1) is 5.10 Å². The molecule has 0 spiro atoms. The Hall–Kier alpha value is -2.74. The Morgan fingerprint density at radius 2 is 1.83 bits per heavy atom. The predicted molar refractivity (Wildman–Crippen MR) is 136 cm³/mol. The second-order valence-corrected chi connectivity index (χ2v) is 10.6. The summed E-state index contributed by atoms with van der Waals surface area (Å²) >= 11 is 0. The van der Waals surface area contributed by atoms with E-state index in [1.807, 2.05) is 24.3 Å². The van der Waals surface area contributed by atoms with Crippen LogP contribution in [0.2, 0.25) is 0 Å². The standard InChI is InChI=1S/C27H38N6O2/c1-18(2)25(26-29-30-31-33(26)22-11-7-8-12-22)32(21-9-5-4-6-10-21)17-20-15-19-13-14-23(35-3)16-24(19)28-27(20)34/h13-16,18,21-22,25H,4-12,17H2,1-3H3,(H,28,34)/t25-/m1/s1. The first-order valence-corrected chi connectivity index (χ1v) is 13.3. The van der Waals surface area contributed by atoms with Crippen molar-refractivity contribution in [3.05, 3.63) is 46.0 Å². The molecule has 8 heteroatoms. The molecule has 0 unspecified atom stereocenters. The highest BCUT2D eigenvalue weighted by Gasteiger charge is 2.36. The molecule has 35 heavy (non-hydrogen) atoms. The zero-order valence-electron chi connectivity index (χ0n) is 21.2. The fourth-order valence-electron chi connectivity index (χ4n) is 6.17. The maximum Gasteiger partial charge on any atom is 0.252 e. The van der Waals surface area contributed by atoms with Crippen LogP contribution in [0.15, 0.2) is 29.1 Å². The maximum atomic E-state index is 13.2. The molecule has 5 rings (SSSR count). The van der Waals surface area contributed by atoms with Crippen LogP contribution in [-0.2, 0) is 6.54 Å². The zero-order valence-corrected chi connectivity index (χ0v) is 21.2. The van der Waals surface area contributed by atoms with Crippen LogP contribution in [-0.4, -0.2) is 43.2 Å². The second-order valence-electron chi connectivity index (χ2n) is 10.6. The predicted octanol–water partition coefficient (Wildman–Crippen LogP) is 5.17. The number of hydrogen-bond acceptors (Lipinski definition) is 6. The molecule has 0 saturated heterocycles. The van der Waals surface area contributed by atoms with E-state index in [2.05, 4.69) is 43.9 Å². The summed E-state index contributed by atoms with van der Waals surface area (Å²) in [6, 6.07) is 8.73. The first-order chi connectivity index (χ1) is 17.0. The van der Waals surface area contributed by atoms with Gasteiger partial charge in [0.2, 0.25) is 0 Å². The first-order valence-electron chi connectivity index (χ1n) is 13.3. The Kier molecular flexibility index (Phi) is 7.18. The zero-order chi connectivity index (χ0) is 24.4. The minimum absolute atomic E-state index is 0.0375. The number of nitrogens with zero attached hydrogens (tertiary/aromatic N) is 5. The monoisotopic (exact) mass is 478 g/mol. The lowest BCUT2D eigenvalue weighted by Gasteiger charge is -2.41. The van der Waals surface area contributed by atoms with Crippen LogP contribution in [0.1, 0.15) is 95.1 Å². The summed E-state index contributed by atoms with van der Waals surface area (Å²) in [7, 11) is 1.64. The number of ether oxygens (including phenoxy) is 1. The van der Waals surface area contributed by atoms with Crippen LogP contribution >= 0.6 is 0 Å². The van der Waals surface area contributed by atoms with Gasteiger partial charge in [0.25, 0.3) is 5.56 Å².